The Morgan fingerprint density at radius 1 is 0.897 bits per heavy atom. The van der Waals surface area contributed by atoms with Crippen LogP contribution in [0, 0.1) is 0 Å². The van der Waals surface area contributed by atoms with Gasteiger partial charge in [0.15, 0.2) is 0 Å². The molecule has 3 aromatic rings. The third kappa shape index (κ3) is 7.53. The second-order valence-corrected chi connectivity index (χ2v) is 10.0. The van der Waals surface area contributed by atoms with Crippen LogP contribution in [0.3, 0.4) is 0 Å². The Balaban J connectivity index is 0.00000420. The number of hydrogen-bond donors (Lipinski definition) is 1. The summed E-state index contributed by atoms with van der Waals surface area (Å²) in [4.78, 5) is 42.7. The van der Waals surface area contributed by atoms with Crippen LogP contribution in [-0.4, -0.2) is 68.8 Å². The number of nitrogens with zero attached hydrogens (tertiary/aromatic N) is 2. The number of amides is 2. The van der Waals surface area contributed by atoms with Crippen molar-refractivity contribution in [3.05, 3.63) is 112 Å². The van der Waals surface area contributed by atoms with Crippen LogP contribution in [0.25, 0.3) is 5.70 Å². The van der Waals surface area contributed by atoms with Gasteiger partial charge in [0, 0.05) is 29.1 Å². The van der Waals surface area contributed by atoms with Gasteiger partial charge in [0.2, 0.25) is 5.91 Å². The van der Waals surface area contributed by atoms with E-state index in [0.717, 1.165) is 11.1 Å². The second kappa shape index (κ2) is 14.1. The number of carboxylic acids is 1. The first-order chi connectivity index (χ1) is 18.3. The summed E-state index contributed by atoms with van der Waals surface area (Å²) in [5.74, 6) is -1.47. The van der Waals surface area contributed by atoms with E-state index in [1.54, 1.807) is 46.2 Å². The summed E-state index contributed by atoms with van der Waals surface area (Å²) < 4.78 is 0. The minimum atomic E-state index is -0.928. The van der Waals surface area contributed by atoms with Crippen molar-refractivity contribution in [2.75, 3.05) is 6.54 Å². The Morgan fingerprint density at radius 2 is 1.49 bits per heavy atom. The molecule has 2 atom stereocenters. The van der Waals surface area contributed by atoms with E-state index in [9.17, 15) is 14.4 Å². The van der Waals surface area contributed by atoms with Crippen molar-refractivity contribution in [2.45, 2.75) is 38.3 Å². The van der Waals surface area contributed by atoms with Gasteiger partial charge in [-0.25, -0.2) is 0 Å². The van der Waals surface area contributed by atoms with Gasteiger partial charge in [-0.3, -0.25) is 14.4 Å². The molecule has 4 rings (SSSR count). The van der Waals surface area contributed by atoms with E-state index in [2.05, 4.69) is 0 Å². The van der Waals surface area contributed by atoms with Gasteiger partial charge in [-0.05, 0) is 60.7 Å². The molecule has 0 unspecified atom stereocenters. The monoisotopic (exact) mass is 574 g/mol. The molecule has 0 aromatic heterocycles. The topological polar surface area (TPSA) is 77.9 Å². The van der Waals surface area contributed by atoms with Gasteiger partial charge in [-0.2, -0.15) is 0 Å². The van der Waals surface area contributed by atoms with Crippen LogP contribution < -0.4 is 0 Å². The molecule has 0 spiro atoms. The van der Waals surface area contributed by atoms with Crippen molar-refractivity contribution in [3.63, 3.8) is 0 Å². The average molecular weight is 575 g/mol. The van der Waals surface area contributed by atoms with Crippen LogP contribution in [0.4, 0.5) is 0 Å². The molecule has 1 N–H and O–H groups in total. The summed E-state index contributed by atoms with van der Waals surface area (Å²) in [5, 5.41) is 10.2. The summed E-state index contributed by atoms with van der Waals surface area (Å²) in [6, 6.07) is 22.0. The Hall–Kier alpha value is -2.61. The first kappa shape index (κ1) is 30.9. The fourth-order valence-corrected chi connectivity index (χ4v) is 4.92. The fourth-order valence-electron chi connectivity index (χ4n) is 4.67. The first-order valence-corrected chi connectivity index (χ1v) is 13.2. The summed E-state index contributed by atoms with van der Waals surface area (Å²) >= 11 is 12.3. The van der Waals surface area contributed by atoms with Crippen molar-refractivity contribution >= 4 is 76.2 Å². The number of benzene rings is 3. The molecule has 1 aliphatic heterocycles. The molecule has 6 nitrogen and oxygen atoms in total. The number of halogens is 2. The van der Waals surface area contributed by atoms with Gasteiger partial charge in [-0.1, -0.05) is 77.8 Å². The van der Waals surface area contributed by atoms with E-state index in [0.29, 0.717) is 34.1 Å². The van der Waals surface area contributed by atoms with Crippen LogP contribution >= 0.6 is 23.2 Å². The van der Waals surface area contributed by atoms with Gasteiger partial charge in [0.25, 0.3) is 5.91 Å². The molecular formula is C30H29Cl2N2NaO4. The maximum atomic E-state index is 14.4. The number of unbranched alkanes of at least 4 members (excludes halogenated alkanes) is 1. The third-order valence-electron chi connectivity index (χ3n) is 6.63. The maximum absolute atomic E-state index is 14.4. The predicted octanol–water partition coefficient (Wildman–Crippen LogP) is 6.11. The summed E-state index contributed by atoms with van der Waals surface area (Å²) in [6.45, 7) is 2.16. The normalized spacial score (nSPS) is 16.3. The molecular weight excluding hydrogens is 546 g/mol. The van der Waals surface area contributed by atoms with Gasteiger partial charge in [0.1, 0.15) is 6.04 Å². The number of carboxylic acid groups (broad SMARTS) is 1. The van der Waals surface area contributed by atoms with Crippen molar-refractivity contribution in [1.29, 1.82) is 0 Å². The van der Waals surface area contributed by atoms with E-state index < -0.39 is 18.1 Å². The summed E-state index contributed by atoms with van der Waals surface area (Å²) in [7, 11) is 0. The molecule has 0 fully saturated rings. The SMILES string of the molecule is C[C@H](c1ccc(Cl)cc1)N1C(=O)C=C(c2ccccc2)N(CCCCC(=O)O)C(=O)[C@@H]1c1ccc(Cl)cc1.[NaH]. The molecule has 0 saturated carbocycles. The predicted molar refractivity (Wildman–Crippen MR) is 156 cm³/mol. The van der Waals surface area contributed by atoms with E-state index in [4.69, 9.17) is 28.3 Å². The van der Waals surface area contributed by atoms with Crippen molar-refractivity contribution in [3.8, 4) is 0 Å². The zero-order valence-electron chi connectivity index (χ0n) is 20.9. The molecule has 0 radical (unpaired) electrons. The van der Waals surface area contributed by atoms with Crippen molar-refractivity contribution in [2.24, 2.45) is 0 Å². The molecule has 0 saturated heterocycles. The molecule has 39 heavy (non-hydrogen) atoms. The quantitative estimate of drug-likeness (QED) is 0.247. The van der Waals surface area contributed by atoms with E-state index in [1.807, 2.05) is 49.4 Å². The second-order valence-electron chi connectivity index (χ2n) is 9.16. The Morgan fingerprint density at radius 3 is 2.08 bits per heavy atom. The first-order valence-electron chi connectivity index (χ1n) is 12.4. The fraction of sp³-hybridized carbons (Fsp3) is 0.233. The molecule has 2 amide bonds. The number of rotatable bonds is 9. The summed E-state index contributed by atoms with van der Waals surface area (Å²) in [6.07, 6.45) is 2.39. The third-order valence-corrected chi connectivity index (χ3v) is 7.13. The average Bonchev–Trinajstić information content (AvgIpc) is 3.01. The molecule has 0 aliphatic carbocycles. The number of carbonyl (C=O) groups excluding carboxylic acids is 2. The van der Waals surface area contributed by atoms with E-state index >= 15 is 0 Å². The molecule has 1 heterocycles. The zero-order chi connectivity index (χ0) is 27.2. The van der Waals surface area contributed by atoms with Crippen molar-refractivity contribution < 1.29 is 19.5 Å². The molecule has 3 aromatic carbocycles. The molecule has 0 bridgehead atoms. The van der Waals surface area contributed by atoms with Gasteiger partial charge in [-0.15, -0.1) is 0 Å². The number of hydrogen-bond acceptors (Lipinski definition) is 3. The Bertz CT molecular complexity index is 1330. The van der Waals surface area contributed by atoms with Crippen molar-refractivity contribution in [1.82, 2.24) is 9.80 Å². The van der Waals surface area contributed by atoms with E-state index in [-0.39, 0.29) is 54.3 Å². The molecule has 1 aliphatic rings. The Kier molecular flexibility index (Phi) is 11.2. The van der Waals surface area contributed by atoms with Crippen LogP contribution in [0.1, 0.15) is 55.0 Å². The summed E-state index contributed by atoms with van der Waals surface area (Å²) in [5.41, 5.74) is 2.68. The van der Waals surface area contributed by atoms with Crippen LogP contribution in [-0.2, 0) is 14.4 Å². The standard InChI is InChI=1S/C30H28Cl2N2O4.Na.H/c1-20(21-10-14-24(31)15-11-21)34-27(35)19-26(22-7-3-2-4-8-22)33(18-6-5-9-28(36)37)30(38)29(34)23-12-16-25(32)17-13-23;;/h2-4,7-8,10-17,19-20,29H,5-6,9,18H2,1H3,(H,36,37);;/t20-,29+;;/m1../s1. The van der Waals surface area contributed by atoms with Gasteiger partial charge < -0.3 is 14.9 Å². The van der Waals surface area contributed by atoms with Crippen LogP contribution in [0.15, 0.2) is 84.9 Å². The minimum absolute atomic E-state index is 0. The van der Waals surface area contributed by atoms with Gasteiger partial charge in [0.05, 0.1) is 11.7 Å². The number of carbonyl (C=O) groups is 3. The zero-order valence-corrected chi connectivity index (χ0v) is 22.4. The van der Waals surface area contributed by atoms with Crippen LogP contribution in [0.2, 0.25) is 10.0 Å². The van der Waals surface area contributed by atoms with E-state index in [1.165, 1.54) is 6.08 Å². The molecule has 198 valence electrons. The van der Waals surface area contributed by atoms with Gasteiger partial charge >= 0.3 is 35.5 Å². The number of aliphatic carboxylic acids is 1. The van der Waals surface area contributed by atoms with Crippen LogP contribution in [0.5, 0.6) is 0 Å². The molecule has 9 heteroatoms. The Labute approximate surface area is 260 Å².